The number of benzene rings is 1. The summed E-state index contributed by atoms with van der Waals surface area (Å²) in [7, 11) is 0. The van der Waals surface area contributed by atoms with E-state index in [0.717, 1.165) is 24.8 Å². The molecule has 1 saturated heterocycles. The minimum atomic E-state index is -0.430. The zero-order valence-electron chi connectivity index (χ0n) is 11.1. The predicted octanol–water partition coefficient (Wildman–Crippen LogP) is 1.60. The molecule has 2 amide bonds. The van der Waals surface area contributed by atoms with Crippen LogP contribution < -0.4 is 10.6 Å². The van der Waals surface area contributed by atoms with Crippen molar-refractivity contribution in [3.05, 3.63) is 35.6 Å². The number of carbonyl (C=O) groups is 2. The maximum absolute atomic E-state index is 13.0. The largest absolute Gasteiger partial charge is 0.345 e. The third-order valence-corrected chi connectivity index (χ3v) is 4.28. The molecular formula is C15H17FN2O2. The van der Waals surface area contributed by atoms with E-state index in [4.69, 9.17) is 0 Å². The number of halogens is 1. The average Bonchev–Trinajstić information content (AvgIpc) is 2.82. The van der Waals surface area contributed by atoms with Gasteiger partial charge in [0, 0.05) is 6.42 Å². The van der Waals surface area contributed by atoms with E-state index in [0.29, 0.717) is 12.8 Å². The topological polar surface area (TPSA) is 58.2 Å². The van der Waals surface area contributed by atoms with Gasteiger partial charge in [-0.3, -0.25) is 9.59 Å². The van der Waals surface area contributed by atoms with E-state index in [1.165, 1.54) is 12.1 Å². The number of amides is 2. The molecule has 2 N–H and O–H groups in total. The average molecular weight is 276 g/mol. The molecule has 106 valence electrons. The van der Waals surface area contributed by atoms with Gasteiger partial charge in [-0.1, -0.05) is 12.1 Å². The Bertz CT molecular complexity index is 537. The SMILES string of the molecule is O=C1CC[C@@H](C(=O)NC2(c3ccc(F)cc3)CCC2)N1. The molecule has 20 heavy (non-hydrogen) atoms. The van der Waals surface area contributed by atoms with Crippen LogP contribution in [0.25, 0.3) is 0 Å². The molecule has 0 unspecified atom stereocenters. The molecule has 0 spiro atoms. The van der Waals surface area contributed by atoms with Gasteiger partial charge in [0.15, 0.2) is 0 Å². The first-order valence-electron chi connectivity index (χ1n) is 6.96. The first-order chi connectivity index (χ1) is 9.59. The number of hydrogen-bond acceptors (Lipinski definition) is 2. The molecule has 2 fully saturated rings. The van der Waals surface area contributed by atoms with E-state index in [1.807, 2.05) is 0 Å². The zero-order valence-corrected chi connectivity index (χ0v) is 11.1. The Morgan fingerprint density at radius 2 is 2.00 bits per heavy atom. The Hall–Kier alpha value is -1.91. The molecule has 3 rings (SSSR count). The quantitative estimate of drug-likeness (QED) is 0.881. The van der Waals surface area contributed by atoms with Crippen molar-refractivity contribution in [3.63, 3.8) is 0 Å². The normalized spacial score (nSPS) is 23.9. The molecule has 0 radical (unpaired) electrons. The van der Waals surface area contributed by atoms with Gasteiger partial charge in [0.1, 0.15) is 11.9 Å². The van der Waals surface area contributed by atoms with Gasteiger partial charge in [-0.25, -0.2) is 4.39 Å². The summed E-state index contributed by atoms with van der Waals surface area (Å²) in [6.45, 7) is 0. The van der Waals surface area contributed by atoms with E-state index in [9.17, 15) is 14.0 Å². The van der Waals surface area contributed by atoms with E-state index in [2.05, 4.69) is 10.6 Å². The molecule has 5 heteroatoms. The molecule has 1 aliphatic heterocycles. The number of nitrogens with one attached hydrogen (secondary N) is 2. The maximum Gasteiger partial charge on any atom is 0.243 e. The molecule has 1 aliphatic carbocycles. The molecule has 1 aromatic rings. The van der Waals surface area contributed by atoms with Gasteiger partial charge in [-0.05, 0) is 43.4 Å². The van der Waals surface area contributed by atoms with E-state index < -0.39 is 11.6 Å². The lowest BCUT2D eigenvalue weighted by Gasteiger charge is -2.43. The lowest BCUT2D eigenvalue weighted by Crippen LogP contribution is -2.55. The highest BCUT2D eigenvalue weighted by Gasteiger charge is 2.42. The number of rotatable bonds is 3. The first-order valence-corrected chi connectivity index (χ1v) is 6.96. The van der Waals surface area contributed by atoms with Crippen LogP contribution in [0.3, 0.4) is 0 Å². The summed E-state index contributed by atoms with van der Waals surface area (Å²) < 4.78 is 13.0. The minimum Gasteiger partial charge on any atom is -0.345 e. The highest BCUT2D eigenvalue weighted by molar-refractivity contribution is 5.91. The smallest absolute Gasteiger partial charge is 0.243 e. The van der Waals surface area contributed by atoms with Crippen LogP contribution in [-0.4, -0.2) is 17.9 Å². The third-order valence-electron chi connectivity index (χ3n) is 4.28. The van der Waals surface area contributed by atoms with Crippen LogP contribution in [0, 0.1) is 5.82 Å². The summed E-state index contributed by atoms with van der Waals surface area (Å²) in [5, 5.41) is 5.73. The zero-order chi connectivity index (χ0) is 14.2. The van der Waals surface area contributed by atoms with E-state index in [-0.39, 0.29) is 17.6 Å². The Labute approximate surface area is 116 Å². The van der Waals surface area contributed by atoms with Crippen molar-refractivity contribution in [2.75, 3.05) is 0 Å². The summed E-state index contributed by atoms with van der Waals surface area (Å²) in [4.78, 5) is 23.4. The second-order valence-corrected chi connectivity index (χ2v) is 5.59. The molecule has 1 atom stereocenters. The van der Waals surface area contributed by atoms with Crippen LogP contribution in [0.2, 0.25) is 0 Å². The van der Waals surface area contributed by atoms with Crippen molar-refractivity contribution in [2.45, 2.75) is 43.7 Å². The second kappa shape index (κ2) is 4.89. The monoisotopic (exact) mass is 276 g/mol. The van der Waals surface area contributed by atoms with Gasteiger partial charge < -0.3 is 10.6 Å². The molecule has 1 heterocycles. The summed E-state index contributed by atoms with van der Waals surface area (Å²) in [5.74, 6) is -0.493. The second-order valence-electron chi connectivity index (χ2n) is 5.59. The van der Waals surface area contributed by atoms with Crippen molar-refractivity contribution >= 4 is 11.8 Å². The van der Waals surface area contributed by atoms with Crippen LogP contribution in [0.1, 0.15) is 37.7 Å². The molecule has 0 bridgehead atoms. The van der Waals surface area contributed by atoms with Gasteiger partial charge in [0.2, 0.25) is 11.8 Å². The summed E-state index contributed by atoms with van der Waals surface area (Å²) in [6, 6.07) is 5.85. The van der Waals surface area contributed by atoms with Crippen molar-refractivity contribution in [2.24, 2.45) is 0 Å². The predicted molar refractivity (Wildman–Crippen MR) is 71.2 cm³/mol. The van der Waals surface area contributed by atoms with Crippen LogP contribution in [0.15, 0.2) is 24.3 Å². The van der Waals surface area contributed by atoms with Crippen LogP contribution >= 0.6 is 0 Å². The van der Waals surface area contributed by atoms with Gasteiger partial charge in [0.05, 0.1) is 5.54 Å². The minimum absolute atomic E-state index is 0.0745. The lowest BCUT2D eigenvalue weighted by molar-refractivity contribution is -0.128. The lowest BCUT2D eigenvalue weighted by atomic mass is 9.71. The van der Waals surface area contributed by atoms with E-state index >= 15 is 0 Å². The summed E-state index contributed by atoms with van der Waals surface area (Å²) in [5.41, 5.74) is 0.542. The fourth-order valence-corrected chi connectivity index (χ4v) is 2.92. The van der Waals surface area contributed by atoms with Crippen LogP contribution in [0.4, 0.5) is 4.39 Å². The Kier molecular flexibility index (Phi) is 3.20. The highest BCUT2D eigenvalue weighted by Crippen LogP contribution is 2.41. The van der Waals surface area contributed by atoms with Crippen molar-refractivity contribution in [1.29, 1.82) is 0 Å². The molecule has 1 saturated carbocycles. The standard InChI is InChI=1S/C15H17FN2O2/c16-11-4-2-10(3-5-11)15(8-1-9-15)18-14(20)12-6-7-13(19)17-12/h2-5,12H,1,6-9H2,(H,17,19)(H,18,20)/t12-/m0/s1. The first kappa shape index (κ1) is 13.1. The number of carbonyl (C=O) groups excluding carboxylic acids is 2. The molecule has 0 aromatic heterocycles. The fourth-order valence-electron chi connectivity index (χ4n) is 2.92. The Balaban J connectivity index is 1.74. The van der Waals surface area contributed by atoms with Crippen molar-refractivity contribution in [1.82, 2.24) is 10.6 Å². The summed E-state index contributed by atoms with van der Waals surface area (Å²) in [6.07, 6.45) is 3.69. The van der Waals surface area contributed by atoms with Gasteiger partial charge in [0.25, 0.3) is 0 Å². The van der Waals surface area contributed by atoms with Crippen LogP contribution in [0.5, 0.6) is 0 Å². The Morgan fingerprint density at radius 1 is 1.30 bits per heavy atom. The van der Waals surface area contributed by atoms with Gasteiger partial charge in [-0.2, -0.15) is 0 Å². The van der Waals surface area contributed by atoms with Crippen molar-refractivity contribution < 1.29 is 14.0 Å². The molecule has 2 aliphatic rings. The highest BCUT2D eigenvalue weighted by atomic mass is 19.1. The molecule has 1 aromatic carbocycles. The summed E-state index contributed by atoms with van der Waals surface area (Å²) >= 11 is 0. The van der Waals surface area contributed by atoms with Crippen molar-refractivity contribution in [3.8, 4) is 0 Å². The third kappa shape index (κ3) is 2.28. The maximum atomic E-state index is 13.0. The van der Waals surface area contributed by atoms with E-state index in [1.54, 1.807) is 12.1 Å². The molecular weight excluding hydrogens is 259 g/mol. The number of hydrogen-bond donors (Lipinski definition) is 2. The van der Waals surface area contributed by atoms with Gasteiger partial charge in [-0.15, -0.1) is 0 Å². The fraction of sp³-hybridized carbons (Fsp3) is 0.467. The molecule has 4 nitrogen and oxygen atoms in total. The van der Waals surface area contributed by atoms with Crippen LogP contribution in [-0.2, 0) is 15.1 Å². The van der Waals surface area contributed by atoms with Gasteiger partial charge >= 0.3 is 0 Å². The Morgan fingerprint density at radius 3 is 2.50 bits per heavy atom.